The Kier molecular flexibility index (Phi) is 6.12. The summed E-state index contributed by atoms with van der Waals surface area (Å²) in [6.07, 6.45) is 1.96. The van der Waals surface area contributed by atoms with E-state index in [4.69, 9.17) is 9.47 Å². The molecule has 5 atom stereocenters. The molecule has 196 valence electrons. The van der Waals surface area contributed by atoms with Crippen LogP contribution in [0.1, 0.15) is 28.2 Å². The lowest BCUT2D eigenvalue weighted by atomic mass is 9.70. The molecule has 3 aromatic rings. The molecule has 0 bridgehead atoms. The monoisotopic (exact) mass is 512 g/mol. The topological polar surface area (TPSA) is 102 Å². The van der Waals surface area contributed by atoms with Crippen LogP contribution in [-0.2, 0) is 11.2 Å². The molecule has 2 fully saturated rings. The number of ether oxygens (including phenoxy) is 2. The molecule has 2 aliphatic heterocycles. The zero-order valence-electron chi connectivity index (χ0n) is 21.6. The van der Waals surface area contributed by atoms with Crippen LogP contribution >= 0.6 is 0 Å². The van der Waals surface area contributed by atoms with Crippen molar-refractivity contribution in [1.29, 1.82) is 5.26 Å². The molecule has 2 unspecified atom stereocenters. The van der Waals surface area contributed by atoms with Crippen molar-refractivity contribution in [2.45, 2.75) is 23.2 Å². The fourth-order valence-corrected chi connectivity index (χ4v) is 6.86. The van der Waals surface area contributed by atoms with Crippen molar-refractivity contribution in [3.05, 3.63) is 89.2 Å². The highest BCUT2D eigenvalue weighted by Crippen LogP contribution is 2.69. The van der Waals surface area contributed by atoms with Gasteiger partial charge in [-0.05, 0) is 30.3 Å². The molecule has 1 saturated carbocycles. The highest BCUT2D eigenvalue weighted by Gasteiger charge is 2.76. The largest absolute Gasteiger partial charge is 0.495 e. The number of hydrogen-bond donors (Lipinski definition) is 2. The molecule has 1 aliphatic carbocycles. The van der Waals surface area contributed by atoms with Gasteiger partial charge in [-0.15, -0.1) is 0 Å². The van der Waals surface area contributed by atoms with E-state index in [9.17, 15) is 15.5 Å². The Hall–Kier alpha value is -3.48. The summed E-state index contributed by atoms with van der Waals surface area (Å²) in [6, 6.07) is 19.3. The van der Waals surface area contributed by atoms with E-state index in [1.54, 1.807) is 24.5 Å². The lowest BCUT2D eigenvalue weighted by Crippen LogP contribution is -2.52. The van der Waals surface area contributed by atoms with Crippen molar-refractivity contribution in [2.24, 2.45) is 5.92 Å². The minimum Gasteiger partial charge on any atom is -0.495 e. The summed E-state index contributed by atoms with van der Waals surface area (Å²) in [5, 5.41) is 34.6. The van der Waals surface area contributed by atoms with Crippen molar-refractivity contribution in [3.63, 3.8) is 0 Å². The van der Waals surface area contributed by atoms with Crippen molar-refractivity contribution in [3.8, 4) is 17.6 Å². The first-order valence-electron chi connectivity index (χ1n) is 13.0. The number of fused-ring (bicyclic) bond motifs is 3. The number of pyridine rings is 1. The standard InChI is InChI=1S/C30H32N4O4/c1-33-12-14-34(15-13-33)19-23-26(21-6-4-3-5-7-21)30(22-10-8-20(16-31)9-11-22)29(36,28(23)35)27-24(37-2)17-32-18-25(27)38-30/h3-11,17-18,23,26,28,35-36H,12-15,19H2,1-2H3/t23-,26?,28-,29+,30?/m1/s1. The van der Waals surface area contributed by atoms with E-state index in [0.717, 1.165) is 31.7 Å². The summed E-state index contributed by atoms with van der Waals surface area (Å²) < 4.78 is 12.5. The lowest BCUT2D eigenvalue weighted by molar-refractivity contribution is -0.152. The number of methoxy groups -OCH3 is 1. The van der Waals surface area contributed by atoms with Crippen LogP contribution in [0.4, 0.5) is 0 Å². The smallest absolute Gasteiger partial charge is 0.177 e. The molecule has 2 N–H and O–H groups in total. The van der Waals surface area contributed by atoms with Gasteiger partial charge in [0.2, 0.25) is 0 Å². The van der Waals surface area contributed by atoms with Gasteiger partial charge in [0.1, 0.15) is 11.5 Å². The van der Waals surface area contributed by atoms with Gasteiger partial charge in [-0.3, -0.25) is 4.98 Å². The molecular weight excluding hydrogens is 480 g/mol. The Labute approximate surface area is 222 Å². The van der Waals surface area contributed by atoms with E-state index in [0.29, 0.717) is 34.7 Å². The van der Waals surface area contributed by atoms with E-state index in [1.807, 2.05) is 42.5 Å². The average molecular weight is 513 g/mol. The predicted octanol–water partition coefficient (Wildman–Crippen LogP) is 2.46. The Balaban J connectivity index is 1.59. The molecule has 8 heteroatoms. The number of piperazine rings is 1. The van der Waals surface area contributed by atoms with Gasteiger partial charge in [-0.2, -0.15) is 5.26 Å². The SMILES string of the molecule is COc1cncc2c1[C@]1(O)[C@H](O)[C@H](CN3CCN(C)CC3)C(c3ccccc3)C1(c1ccc(C#N)cc1)O2. The van der Waals surface area contributed by atoms with Gasteiger partial charge in [0, 0.05) is 44.6 Å². The molecule has 2 aromatic carbocycles. The molecule has 1 aromatic heterocycles. The number of hydrogen-bond acceptors (Lipinski definition) is 8. The zero-order chi connectivity index (χ0) is 26.5. The van der Waals surface area contributed by atoms with Gasteiger partial charge in [0.15, 0.2) is 11.2 Å². The maximum absolute atomic E-state index is 12.9. The van der Waals surface area contributed by atoms with Crippen LogP contribution in [-0.4, -0.2) is 78.0 Å². The van der Waals surface area contributed by atoms with Gasteiger partial charge in [-0.1, -0.05) is 42.5 Å². The van der Waals surface area contributed by atoms with Crippen LogP contribution in [0.2, 0.25) is 0 Å². The average Bonchev–Trinajstić information content (AvgIpc) is 3.33. The Morgan fingerprint density at radius 1 is 1.08 bits per heavy atom. The summed E-state index contributed by atoms with van der Waals surface area (Å²) in [5.74, 6) is -0.0123. The van der Waals surface area contributed by atoms with E-state index < -0.39 is 23.2 Å². The first-order chi connectivity index (χ1) is 18.4. The zero-order valence-corrected chi connectivity index (χ0v) is 21.6. The number of aromatic nitrogens is 1. The van der Waals surface area contributed by atoms with Crippen LogP contribution in [0.25, 0.3) is 0 Å². The Bertz CT molecular complexity index is 1350. The van der Waals surface area contributed by atoms with Crippen LogP contribution in [0.5, 0.6) is 11.5 Å². The van der Waals surface area contributed by atoms with Gasteiger partial charge in [0.25, 0.3) is 0 Å². The minimum atomic E-state index is -1.83. The molecule has 0 spiro atoms. The van der Waals surface area contributed by atoms with E-state index >= 15 is 0 Å². The number of nitriles is 1. The Morgan fingerprint density at radius 2 is 1.79 bits per heavy atom. The second-order valence-electron chi connectivity index (χ2n) is 10.6. The van der Waals surface area contributed by atoms with Crippen LogP contribution < -0.4 is 9.47 Å². The van der Waals surface area contributed by atoms with Gasteiger partial charge >= 0.3 is 0 Å². The van der Waals surface area contributed by atoms with Crippen molar-refractivity contribution in [1.82, 2.24) is 14.8 Å². The molecule has 8 nitrogen and oxygen atoms in total. The molecule has 0 amide bonds. The van der Waals surface area contributed by atoms with Gasteiger partial charge < -0.3 is 29.5 Å². The number of nitrogens with zero attached hydrogens (tertiary/aromatic N) is 4. The van der Waals surface area contributed by atoms with Crippen molar-refractivity contribution < 1.29 is 19.7 Å². The Morgan fingerprint density at radius 3 is 2.45 bits per heavy atom. The van der Waals surface area contributed by atoms with Gasteiger partial charge in [-0.25, -0.2) is 0 Å². The molecular formula is C30H32N4O4. The molecule has 0 radical (unpaired) electrons. The minimum absolute atomic E-state index is 0.354. The molecule has 3 heterocycles. The van der Waals surface area contributed by atoms with Crippen LogP contribution in [0.15, 0.2) is 67.0 Å². The highest BCUT2D eigenvalue weighted by molar-refractivity contribution is 5.59. The first kappa shape index (κ1) is 24.8. The number of aliphatic hydroxyl groups is 2. The third-order valence-corrected chi connectivity index (χ3v) is 8.68. The second kappa shape index (κ2) is 9.37. The van der Waals surface area contributed by atoms with E-state index in [2.05, 4.69) is 27.9 Å². The van der Waals surface area contributed by atoms with Gasteiger partial charge in [0.05, 0.1) is 42.8 Å². The fourth-order valence-electron chi connectivity index (χ4n) is 6.86. The quantitative estimate of drug-likeness (QED) is 0.538. The number of rotatable bonds is 5. The summed E-state index contributed by atoms with van der Waals surface area (Å²) in [6.45, 7) is 4.26. The van der Waals surface area contributed by atoms with Crippen LogP contribution in [0, 0.1) is 17.2 Å². The number of aliphatic hydroxyl groups excluding tert-OH is 1. The highest BCUT2D eigenvalue weighted by atomic mass is 16.5. The first-order valence-corrected chi connectivity index (χ1v) is 13.0. The maximum atomic E-state index is 12.9. The summed E-state index contributed by atoms with van der Waals surface area (Å²) >= 11 is 0. The molecule has 38 heavy (non-hydrogen) atoms. The van der Waals surface area contributed by atoms with Crippen molar-refractivity contribution in [2.75, 3.05) is 46.9 Å². The van der Waals surface area contributed by atoms with E-state index in [1.165, 1.54) is 7.11 Å². The lowest BCUT2D eigenvalue weighted by Gasteiger charge is -2.41. The van der Waals surface area contributed by atoms with Crippen LogP contribution in [0.3, 0.4) is 0 Å². The third kappa shape index (κ3) is 3.47. The van der Waals surface area contributed by atoms with E-state index in [-0.39, 0.29) is 5.92 Å². The summed E-state index contributed by atoms with van der Waals surface area (Å²) in [4.78, 5) is 8.95. The molecule has 6 rings (SSSR count). The third-order valence-electron chi connectivity index (χ3n) is 8.68. The predicted molar refractivity (Wildman–Crippen MR) is 141 cm³/mol. The number of likely N-dealkylation sites (N-methyl/N-ethyl adjacent to an activating group) is 1. The number of benzene rings is 2. The molecule has 3 aliphatic rings. The maximum Gasteiger partial charge on any atom is 0.177 e. The molecule has 1 saturated heterocycles. The second-order valence-corrected chi connectivity index (χ2v) is 10.6. The summed E-state index contributed by atoms with van der Waals surface area (Å²) in [7, 11) is 3.65. The van der Waals surface area contributed by atoms with Crippen molar-refractivity contribution >= 4 is 0 Å². The fraction of sp³-hybridized carbons (Fsp3) is 0.400. The normalized spacial score (nSPS) is 30.8. The summed E-state index contributed by atoms with van der Waals surface area (Å²) in [5.41, 5.74) is -0.641.